The van der Waals surface area contributed by atoms with Gasteiger partial charge < -0.3 is 4.90 Å². The third-order valence-corrected chi connectivity index (χ3v) is 6.74. The standard InChI is InChI=1S/C22H24N4O2S2/c1-16-4-2-5-17(12-16)14-25-7-9-26(10-8-25)20(27)13-18-15-30-22(23-18)24-21(28)19-6-3-11-29-19/h2-6,11-12,15H,7-10,13-14H2,1H3,(H,23,24,28). The van der Waals surface area contributed by atoms with E-state index in [-0.39, 0.29) is 18.2 Å². The van der Waals surface area contributed by atoms with E-state index < -0.39 is 0 Å². The summed E-state index contributed by atoms with van der Waals surface area (Å²) in [5.41, 5.74) is 3.29. The van der Waals surface area contributed by atoms with Gasteiger partial charge in [0.25, 0.3) is 5.91 Å². The molecule has 0 spiro atoms. The van der Waals surface area contributed by atoms with Crippen LogP contribution in [-0.4, -0.2) is 52.8 Å². The summed E-state index contributed by atoms with van der Waals surface area (Å²) >= 11 is 2.74. The zero-order valence-corrected chi connectivity index (χ0v) is 18.5. The number of rotatable bonds is 6. The maximum Gasteiger partial charge on any atom is 0.267 e. The van der Waals surface area contributed by atoms with Crippen LogP contribution in [0.25, 0.3) is 0 Å². The molecule has 3 aromatic rings. The van der Waals surface area contributed by atoms with Crippen LogP contribution in [0.5, 0.6) is 0 Å². The molecule has 1 aliphatic rings. The van der Waals surface area contributed by atoms with Crippen molar-refractivity contribution in [1.29, 1.82) is 0 Å². The summed E-state index contributed by atoms with van der Waals surface area (Å²) in [6, 6.07) is 12.2. The fourth-order valence-electron chi connectivity index (χ4n) is 3.50. The molecule has 1 saturated heterocycles. The van der Waals surface area contributed by atoms with Gasteiger partial charge in [-0.15, -0.1) is 22.7 Å². The SMILES string of the molecule is Cc1cccc(CN2CCN(C(=O)Cc3csc(NC(=O)c4cccs4)n3)CC2)c1. The third kappa shape index (κ3) is 5.33. The van der Waals surface area contributed by atoms with Gasteiger partial charge in [0.15, 0.2) is 5.13 Å². The fraction of sp³-hybridized carbons (Fsp3) is 0.318. The molecular weight excluding hydrogens is 416 g/mol. The largest absolute Gasteiger partial charge is 0.340 e. The van der Waals surface area contributed by atoms with Crippen molar-refractivity contribution in [2.24, 2.45) is 0 Å². The Balaban J connectivity index is 1.25. The lowest BCUT2D eigenvalue weighted by atomic mass is 10.1. The van der Waals surface area contributed by atoms with E-state index in [0.29, 0.717) is 15.7 Å². The van der Waals surface area contributed by atoms with Crippen LogP contribution in [-0.2, 0) is 17.8 Å². The van der Waals surface area contributed by atoms with Crippen molar-refractivity contribution >= 4 is 39.6 Å². The minimum atomic E-state index is -0.165. The average Bonchev–Trinajstić information content (AvgIpc) is 3.41. The summed E-state index contributed by atoms with van der Waals surface area (Å²) in [5, 5.41) is 7.03. The summed E-state index contributed by atoms with van der Waals surface area (Å²) in [7, 11) is 0. The molecule has 156 valence electrons. The number of aryl methyl sites for hydroxylation is 1. The normalized spacial score (nSPS) is 14.6. The Labute approximate surface area is 184 Å². The first-order valence-electron chi connectivity index (χ1n) is 9.92. The molecular formula is C22H24N4O2S2. The number of benzene rings is 1. The van der Waals surface area contributed by atoms with Crippen molar-refractivity contribution in [1.82, 2.24) is 14.8 Å². The lowest BCUT2D eigenvalue weighted by molar-refractivity contribution is -0.132. The van der Waals surface area contributed by atoms with E-state index in [2.05, 4.69) is 46.4 Å². The summed E-state index contributed by atoms with van der Waals surface area (Å²) in [4.78, 5) is 34.2. The van der Waals surface area contributed by atoms with Gasteiger partial charge in [0.1, 0.15) is 0 Å². The van der Waals surface area contributed by atoms with E-state index >= 15 is 0 Å². The second-order valence-electron chi connectivity index (χ2n) is 7.40. The van der Waals surface area contributed by atoms with Crippen LogP contribution in [0, 0.1) is 6.92 Å². The highest BCUT2D eigenvalue weighted by atomic mass is 32.1. The molecule has 1 aromatic carbocycles. The van der Waals surface area contributed by atoms with Gasteiger partial charge in [-0.25, -0.2) is 4.98 Å². The molecule has 1 fully saturated rings. The fourth-order valence-corrected chi connectivity index (χ4v) is 4.83. The molecule has 6 nitrogen and oxygen atoms in total. The van der Waals surface area contributed by atoms with Crippen molar-refractivity contribution in [2.75, 3.05) is 31.5 Å². The van der Waals surface area contributed by atoms with Crippen LogP contribution in [0.15, 0.2) is 47.2 Å². The highest BCUT2D eigenvalue weighted by molar-refractivity contribution is 7.14. The number of thiophene rings is 1. The van der Waals surface area contributed by atoms with E-state index in [1.165, 1.54) is 33.8 Å². The number of carbonyl (C=O) groups excluding carboxylic acids is 2. The molecule has 1 N–H and O–H groups in total. The highest BCUT2D eigenvalue weighted by Gasteiger charge is 2.22. The Morgan fingerprint density at radius 2 is 1.93 bits per heavy atom. The molecule has 0 unspecified atom stereocenters. The third-order valence-electron chi connectivity index (χ3n) is 5.06. The Morgan fingerprint density at radius 3 is 2.67 bits per heavy atom. The maximum atomic E-state index is 12.7. The first kappa shape index (κ1) is 20.7. The molecule has 30 heavy (non-hydrogen) atoms. The summed E-state index contributed by atoms with van der Waals surface area (Å²) in [5.74, 6) is -0.0754. The zero-order chi connectivity index (χ0) is 20.9. The van der Waals surface area contributed by atoms with Crippen LogP contribution < -0.4 is 5.32 Å². The summed E-state index contributed by atoms with van der Waals surface area (Å²) in [6.07, 6.45) is 0.267. The number of hydrogen-bond acceptors (Lipinski definition) is 6. The van der Waals surface area contributed by atoms with Crippen LogP contribution in [0.4, 0.5) is 5.13 Å². The number of amides is 2. The second-order valence-corrected chi connectivity index (χ2v) is 9.20. The Bertz CT molecular complexity index is 1010. The molecule has 8 heteroatoms. The van der Waals surface area contributed by atoms with E-state index in [1.54, 1.807) is 6.07 Å². The molecule has 1 aliphatic heterocycles. The van der Waals surface area contributed by atoms with E-state index in [4.69, 9.17) is 0 Å². The number of nitrogens with one attached hydrogen (secondary N) is 1. The highest BCUT2D eigenvalue weighted by Crippen LogP contribution is 2.19. The zero-order valence-electron chi connectivity index (χ0n) is 16.8. The van der Waals surface area contributed by atoms with Gasteiger partial charge in [-0.3, -0.25) is 19.8 Å². The molecule has 3 heterocycles. The van der Waals surface area contributed by atoms with E-state index in [0.717, 1.165) is 32.7 Å². The molecule has 4 rings (SSSR count). The number of hydrogen-bond donors (Lipinski definition) is 1. The summed E-state index contributed by atoms with van der Waals surface area (Å²) in [6.45, 7) is 6.24. The first-order valence-corrected chi connectivity index (χ1v) is 11.7. The van der Waals surface area contributed by atoms with Crippen LogP contribution in [0.1, 0.15) is 26.5 Å². The minimum Gasteiger partial charge on any atom is -0.340 e. The number of nitrogens with zero attached hydrogens (tertiary/aromatic N) is 3. The smallest absolute Gasteiger partial charge is 0.267 e. The molecule has 2 amide bonds. The van der Waals surface area contributed by atoms with Crippen molar-refractivity contribution in [2.45, 2.75) is 19.9 Å². The summed E-state index contributed by atoms with van der Waals surface area (Å²) < 4.78 is 0. The lowest BCUT2D eigenvalue weighted by Gasteiger charge is -2.34. The second kappa shape index (κ2) is 9.51. The average molecular weight is 441 g/mol. The molecule has 0 radical (unpaired) electrons. The monoisotopic (exact) mass is 440 g/mol. The quantitative estimate of drug-likeness (QED) is 0.635. The number of carbonyl (C=O) groups is 2. The number of anilines is 1. The number of thiazole rings is 1. The predicted octanol–water partition coefficient (Wildman–Crippen LogP) is 3.65. The Kier molecular flexibility index (Phi) is 6.56. The van der Waals surface area contributed by atoms with Gasteiger partial charge in [0.2, 0.25) is 5.91 Å². The van der Waals surface area contributed by atoms with Crippen molar-refractivity contribution in [3.63, 3.8) is 0 Å². The predicted molar refractivity (Wildman–Crippen MR) is 121 cm³/mol. The first-order chi connectivity index (χ1) is 14.6. The number of aromatic nitrogens is 1. The van der Waals surface area contributed by atoms with Gasteiger partial charge in [-0.05, 0) is 23.9 Å². The maximum absolute atomic E-state index is 12.7. The van der Waals surface area contributed by atoms with E-state index in [9.17, 15) is 9.59 Å². The lowest BCUT2D eigenvalue weighted by Crippen LogP contribution is -2.48. The van der Waals surface area contributed by atoms with Gasteiger partial charge in [-0.1, -0.05) is 35.9 Å². The molecule has 0 aliphatic carbocycles. The van der Waals surface area contributed by atoms with Gasteiger partial charge in [0, 0.05) is 38.1 Å². The van der Waals surface area contributed by atoms with E-state index in [1.807, 2.05) is 21.7 Å². The van der Waals surface area contributed by atoms with Crippen LogP contribution in [0.2, 0.25) is 0 Å². The molecule has 0 atom stereocenters. The van der Waals surface area contributed by atoms with Crippen LogP contribution in [0.3, 0.4) is 0 Å². The molecule has 0 saturated carbocycles. The topological polar surface area (TPSA) is 65.5 Å². The Morgan fingerprint density at radius 1 is 1.10 bits per heavy atom. The van der Waals surface area contributed by atoms with Gasteiger partial charge in [0.05, 0.1) is 17.0 Å². The number of piperazine rings is 1. The van der Waals surface area contributed by atoms with Crippen molar-refractivity contribution in [3.05, 3.63) is 68.9 Å². The minimum absolute atomic E-state index is 0.0895. The Hall–Kier alpha value is -2.55. The van der Waals surface area contributed by atoms with Crippen LogP contribution >= 0.6 is 22.7 Å². The molecule has 0 bridgehead atoms. The molecule has 2 aromatic heterocycles. The van der Waals surface area contributed by atoms with Crippen molar-refractivity contribution < 1.29 is 9.59 Å². The van der Waals surface area contributed by atoms with Gasteiger partial charge >= 0.3 is 0 Å². The van der Waals surface area contributed by atoms with Gasteiger partial charge in [-0.2, -0.15) is 0 Å². The van der Waals surface area contributed by atoms with Crippen molar-refractivity contribution in [3.8, 4) is 0 Å².